The van der Waals surface area contributed by atoms with Crippen LogP contribution in [0.15, 0.2) is 12.1 Å². The summed E-state index contributed by atoms with van der Waals surface area (Å²) in [5, 5.41) is 11.0. The molecule has 6 nitrogen and oxygen atoms in total. The Labute approximate surface area is 127 Å². The molecule has 0 spiro atoms. The van der Waals surface area contributed by atoms with Crippen LogP contribution in [-0.2, 0) is 0 Å². The molecule has 0 fully saturated rings. The molecule has 6 heteroatoms. The van der Waals surface area contributed by atoms with E-state index in [1.165, 1.54) is 0 Å². The molecule has 118 valence electrons. The molecule has 0 saturated heterocycles. The van der Waals surface area contributed by atoms with Gasteiger partial charge in [0.25, 0.3) is 5.91 Å². The van der Waals surface area contributed by atoms with Gasteiger partial charge in [-0.25, -0.2) is 0 Å². The average Bonchev–Trinajstić information content (AvgIpc) is 2.49. The fraction of sp³-hybridized carbons (Fsp3) is 0.667. The number of nitrogens with zero attached hydrogens (tertiary/aromatic N) is 4. The van der Waals surface area contributed by atoms with Crippen LogP contribution in [0.4, 0.5) is 5.82 Å². The number of carbonyl (C=O) groups excluding carboxylic acids is 1. The Bertz CT molecular complexity index is 419. The lowest BCUT2D eigenvalue weighted by Gasteiger charge is -2.16. The zero-order chi connectivity index (χ0) is 15.7. The highest BCUT2D eigenvalue weighted by Crippen LogP contribution is 2.08. The average molecular weight is 293 g/mol. The molecule has 0 bridgehead atoms. The summed E-state index contributed by atoms with van der Waals surface area (Å²) in [7, 11) is 6.02. The maximum Gasteiger partial charge on any atom is 0.271 e. The van der Waals surface area contributed by atoms with Gasteiger partial charge in [0.2, 0.25) is 0 Å². The maximum absolute atomic E-state index is 11.9. The zero-order valence-electron chi connectivity index (χ0n) is 13.6. The summed E-state index contributed by atoms with van der Waals surface area (Å²) >= 11 is 0. The molecule has 1 heterocycles. The number of rotatable bonds is 9. The zero-order valence-corrected chi connectivity index (χ0v) is 13.6. The molecule has 1 aromatic rings. The minimum absolute atomic E-state index is 0.163. The van der Waals surface area contributed by atoms with Crippen LogP contribution in [0.25, 0.3) is 0 Å². The molecule has 1 amide bonds. The van der Waals surface area contributed by atoms with Gasteiger partial charge in [0.15, 0.2) is 11.5 Å². The molecule has 0 aliphatic rings. The molecule has 1 aromatic heterocycles. The van der Waals surface area contributed by atoms with Crippen molar-refractivity contribution >= 4 is 11.7 Å². The Kier molecular flexibility index (Phi) is 7.68. The summed E-state index contributed by atoms with van der Waals surface area (Å²) in [5.74, 6) is 0.636. The van der Waals surface area contributed by atoms with Crippen LogP contribution in [0.1, 0.15) is 36.7 Å². The van der Waals surface area contributed by atoms with E-state index in [-0.39, 0.29) is 5.91 Å². The van der Waals surface area contributed by atoms with E-state index < -0.39 is 0 Å². The predicted octanol–water partition coefficient (Wildman–Crippen LogP) is 1.39. The van der Waals surface area contributed by atoms with Gasteiger partial charge in [-0.2, -0.15) is 0 Å². The fourth-order valence-electron chi connectivity index (χ4n) is 1.85. The first-order valence-electron chi connectivity index (χ1n) is 7.52. The van der Waals surface area contributed by atoms with Crippen molar-refractivity contribution in [1.82, 2.24) is 20.4 Å². The van der Waals surface area contributed by atoms with Crippen LogP contribution < -0.4 is 10.2 Å². The van der Waals surface area contributed by atoms with Crippen molar-refractivity contribution in [3.05, 3.63) is 17.8 Å². The summed E-state index contributed by atoms with van der Waals surface area (Å²) in [6.07, 6.45) is 3.18. The molecule has 0 atom stereocenters. The number of hydrogen-bond acceptors (Lipinski definition) is 5. The first kappa shape index (κ1) is 17.4. The van der Waals surface area contributed by atoms with Gasteiger partial charge in [0, 0.05) is 20.1 Å². The Balaban J connectivity index is 2.43. The third-order valence-electron chi connectivity index (χ3n) is 3.19. The third kappa shape index (κ3) is 6.53. The van der Waals surface area contributed by atoms with Gasteiger partial charge in [-0.15, -0.1) is 10.2 Å². The Morgan fingerprint density at radius 3 is 2.48 bits per heavy atom. The van der Waals surface area contributed by atoms with Crippen molar-refractivity contribution in [2.24, 2.45) is 0 Å². The molecule has 0 radical (unpaired) electrons. The topological polar surface area (TPSA) is 61.4 Å². The summed E-state index contributed by atoms with van der Waals surface area (Å²) < 4.78 is 0. The monoisotopic (exact) mass is 293 g/mol. The lowest BCUT2D eigenvalue weighted by Crippen LogP contribution is -2.28. The van der Waals surface area contributed by atoms with Gasteiger partial charge in [0.05, 0.1) is 0 Å². The molecular formula is C15H27N5O. The number of anilines is 1. The van der Waals surface area contributed by atoms with Crippen molar-refractivity contribution < 1.29 is 4.79 Å². The van der Waals surface area contributed by atoms with E-state index >= 15 is 0 Å². The maximum atomic E-state index is 11.9. The molecule has 0 aliphatic heterocycles. The fourth-order valence-corrected chi connectivity index (χ4v) is 1.85. The van der Waals surface area contributed by atoms with Crippen LogP contribution in [0.5, 0.6) is 0 Å². The number of hydrogen-bond donors (Lipinski definition) is 1. The lowest BCUT2D eigenvalue weighted by molar-refractivity contribution is 0.0946. The number of nitrogens with one attached hydrogen (secondary N) is 1. The summed E-state index contributed by atoms with van der Waals surface area (Å²) in [5.41, 5.74) is 0.368. The van der Waals surface area contributed by atoms with Crippen LogP contribution in [0.3, 0.4) is 0 Å². The van der Waals surface area contributed by atoms with Crippen LogP contribution >= 0.6 is 0 Å². The van der Waals surface area contributed by atoms with Gasteiger partial charge in [-0.3, -0.25) is 4.79 Å². The predicted molar refractivity (Wildman–Crippen MR) is 85.7 cm³/mol. The normalized spacial score (nSPS) is 10.7. The lowest BCUT2D eigenvalue weighted by atomic mass is 10.3. The second-order valence-corrected chi connectivity index (χ2v) is 5.46. The van der Waals surface area contributed by atoms with Gasteiger partial charge in [-0.1, -0.05) is 13.3 Å². The number of unbranched alkanes of at least 4 members (excludes halogenated alkanes) is 1. The third-order valence-corrected chi connectivity index (χ3v) is 3.19. The standard InChI is InChI=1S/C15H27N5O/c1-5-6-12-20(4)14-9-8-13(17-18-14)15(21)16-10-7-11-19(2)3/h8-9H,5-7,10-12H2,1-4H3,(H,16,21). The number of amides is 1. The minimum Gasteiger partial charge on any atom is -0.358 e. The number of carbonyl (C=O) groups is 1. The Morgan fingerprint density at radius 1 is 1.14 bits per heavy atom. The second kappa shape index (κ2) is 9.28. The van der Waals surface area contributed by atoms with Crippen LogP contribution in [0.2, 0.25) is 0 Å². The SMILES string of the molecule is CCCCN(C)c1ccc(C(=O)NCCCN(C)C)nn1. The highest BCUT2D eigenvalue weighted by atomic mass is 16.1. The van der Waals surface area contributed by atoms with E-state index in [2.05, 4.69) is 32.2 Å². The Hall–Kier alpha value is -1.69. The van der Waals surface area contributed by atoms with E-state index in [0.717, 1.165) is 38.2 Å². The van der Waals surface area contributed by atoms with Crippen molar-refractivity contribution in [2.45, 2.75) is 26.2 Å². The van der Waals surface area contributed by atoms with Gasteiger partial charge < -0.3 is 15.1 Å². The van der Waals surface area contributed by atoms with Gasteiger partial charge in [-0.05, 0) is 45.6 Å². The minimum atomic E-state index is -0.163. The van der Waals surface area contributed by atoms with E-state index in [4.69, 9.17) is 0 Å². The highest BCUT2D eigenvalue weighted by molar-refractivity contribution is 5.92. The molecule has 1 N–H and O–H groups in total. The smallest absolute Gasteiger partial charge is 0.271 e. The molecule has 1 rings (SSSR count). The summed E-state index contributed by atoms with van der Waals surface area (Å²) in [6, 6.07) is 3.57. The van der Waals surface area contributed by atoms with E-state index in [9.17, 15) is 4.79 Å². The van der Waals surface area contributed by atoms with E-state index in [1.807, 2.05) is 27.2 Å². The van der Waals surface area contributed by atoms with Crippen molar-refractivity contribution in [3.63, 3.8) is 0 Å². The van der Waals surface area contributed by atoms with E-state index in [1.54, 1.807) is 6.07 Å². The number of aromatic nitrogens is 2. The molecular weight excluding hydrogens is 266 g/mol. The molecule has 0 aromatic carbocycles. The van der Waals surface area contributed by atoms with Crippen LogP contribution in [-0.4, -0.2) is 61.8 Å². The van der Waals surface area contributed by atoms with Gasteiger partial charge >= 0.3 is 0 Å². The molecule has 0 unspecified atom stereocenters. The largest absolute Gasteiger partial charge is 0.358 e. The molecule has 0 saturated carbocycles. The second-order valence-electron chi connectivity index (χ2n) is 5.46. The van der Waals surface area contributed by atoms with Crippen LogP contribution in [0, 0.1) is 0 Å². The van der Waals surface area contributed by atoms with Crippen molar-refractivity contribution in [2.75, 3.05) is 45.7 Å². The first-order valence-corrected chi connectivity index (χ1v) is 7.52. The quantitative estimate of drug-likeness (QED) is 0.697. The Morgan fingerprint density at radius 2 is 1.90 bits per heavy atom. The van der Waals surface area contributed by atoms with Crippen molar-refractivity contribution in [3.8, 4) is 0 Å². The summed E-state index contributed by atoms with van der Waals surface area (Å²) in [6.45, 7) is 4.70. The van der Waals surface area contributed by atoms with Crippen molar-refractivity contribution in [1.29, 1.82) is 0 Å². The first-order chi connectivity index (χ1) is 10.0. The molecule has 21 heavy (non-hydrogen) atoms. The van der Waals surface area contributed by atoms with E-state index in [0.29, 0.717) is 12.2 Å². The molecule has 0 aliphatic carbocycles. The van der Waals surface area contributed by atoms with Gasteiger partial charge in [0.1, 0.15) is 0 Å². The highest BCUT2D eigenvalue weighted by Gasteiger charge is 2.09. The summed E-state index contributed by atoms with van der Waals surface area (Å²) in [4.78, 5) is 16.0.